The molecular weight excluding hydrogens is 541 g/mol. The number of hydrogen-bond acceptors (Lipinski definition) is 6. The van der Waals surface area contributed by atoms with Crippen LogP contribution in [0.5, 0.6) is 0 Å². The third kappa shape index (κ3) is 5.92. The average molecular weight is 563 g/mol. The molecule has 0 aliphatic carbocycles. The van der Waals surface area contributed by atoms with Crippen LogP contribution in [0.2, 0.25) is 10.0 Å². The van der Waals surface area contributed by atoms with Gasteiger partial charge in [0.2, 0.25) is 6.54 Å². The summed E-state index contributed by atoms with van der Waals surface area (Å²) >= 11 is 14.0. The number of benzene rings is 1. The van der Waals surface area contributed by atoms with Gasteiger partial charge in [0.1, 0.15) is 0 Å². The molecular formula is C24H21Cl2N5O3S2. The number of rotatable bonds is 5. The third-order valence-electron chi connectivity index (χ3n) is 5.48. The maximum Gasteiger partial charge on any atom is 0.286 e. The first kappa shape index (κ1) is 26.2. The fourth-order valence-corrected chi connectivity index (χ4v) is 6.30. The predicted octanol–water partition coefficient (Wildman–Crippen LogP) is 4.25. The number of carbonyl (C=O) groups is 1. The Balaban J connectivity index is 1.72. The molecule has 1 amide bonds. The minimum Gasteiger partial charge on any atom is -0.316 e. The van der Waals surface area contributed by atoms with Gasteiger partial charge in [-0.25, -0.2) is 24.7 Å². The molecule has 1 aromatic carbocycles. The first-order valence-corrected chi connectivity index (χ1v) is 14.3. The van der Waals surface area contributed by atoms with Crippen LogP contribution in [0.15, 0.2) is 30.3 Å². The van der Waals surface area contributed by atoms with E-state index in [0.29, 0.717) is 40.0 Å². The smallest absolute Gasteiger partial charge is 0.286 e. The second-order valence-electron chi connectivity index (χ2n) is 8.01. The first-order valence-electron chi connectivity index (χ1n) is 10.9. The lowest BCUT2D eigenvalue weighted by atomic mass is 10.1. The largest absolute Gasteiger partial charge is 0.316 e. The quantitative estimate of drug-likeness (QED) is 0.286. The second-order valence-corrected chi connectivity index (χ2v) is 12.2. The van der Waals surface area contributed by atoms with E-state index in [9.17, 15) is 13.2 Å². The first-order chi connectivity index (χ1) is 17.2. The zero-order valence-corrected chi connectivity index (χ0v) is 22.4. The van der Waals surface area contributed by atoms with Crippen LogP contribution in [-0.4, -0.2) is 60.3 Å². The predicted molar refractivity (Wildman–Crippen MR) is 142 cm³/mol. The minimum atomic E-state index is -3.08. The van der Waals surface area contributed by atoms with Gasteiger partial charge in [-0.05, 0) is 37.3 Å². The molecule has 2 aromatic heterocycles. The highest BCUT2D eigenvalue weighted by Crippen LogP contribution is 2.36. The number of carbonyl (C=O) groups excluding carboxylic acids is 1. The molecule has 1 aliphatic rings. The molecule has 1 aliphatic heterocycles. The van der Waals surface area contributed by atoms with Gasteiger partial charge in [-0.2, -0.15) is 5.10 Å². The van der Waals surface area contributed by atoms with E-state index >= 15 is 0 Å². The topological polar surface area (TPSA) is 88.7 Å². The lowest BCUT2D eigenvalue weighted by Gasteiger charge is -2.26. The Hall–Kier alpha value is -2.86. The fourth-order valence-electron chi connectivity index (χ4n) is 3.64. The van der Waals surface area contributed by atoms with Gasteiger partial charge in [0.15, 0.2) is 15.5 Å². The van der Waals surface area contributed by atoms with Gasteiger partial charge < -0.3 is 4.85 Å². The van der Waals surface area contributed by atoms with E-state index in [4.69, 9.17) is 29.8 Å². The van der Waals surface area contributed by atoms with E-state index in [1.807, 2.05) is 12.1 Å². The Bertz CT molecular complexity index is 1510. The second kappa shape index (κ2) is 11.0. The summed E-state index contributed by atoms with van der Waals surface area (Å²) in [5.41, 5.74) is 4.86. The van der Waals surface area contributed by atoms with Crippen LogP contribution in [0.25, 0.3) is 21.1 Å². The highest BCUT2D eigenvalue weighted by atomic mass is 35.5. The Morgan fingerprint density at radius 1 is 1.25 bits per heavy atom. The molecule has 0 saturated carbocycles. The molecule has 12 heteroatoms. The molecule has 0 bridgehead atoms. The van der Waals surface area contributed by atoms with E-state index in [1.165, 1.54) is 11.3 Å². The molecule has 0 spiro atoms. The molecule has 1 saturated heterocycles. The molecule has 3 aromatic rings. The summed E-state index contributed by atoms with van der Waals surface area (Å²) in [6, 6.07) is 8.83. The van der Waals surface area contributed by atoms with Crippen molar-refractivity contribution < 1.29 is 13.2 Å². The summed E-state index contributed by atoms with van der Waals surface area (Å²) in [6.07, 6.45) is 0.496. The highest BCUT2D eigenvalue weighted by molar-refractivity contribution is 7.91. The van der Waals surface area contributed by atoms with Crippen LogP contribution < -0.4 is 5.43 Å². The summed E-state index contributed by atoms with van der Waals surface area (Å²) in [6.45, 7) is 9.45. The van der Waals surface area contributed by atoms with Crippen LogP contribution >= 0.6 is 34.5 Å². The van der Waals surface area contributed by atoms with Crippen molar-refractivity contribution in [1.82, 2.24) is 20.2 Å². The monoisotopic (exact) mass is 561 g/mol. The van der Waals surface area contributed by atoms with E-state index < -0.39 is 15.7 Å². The van der Waals surface area contributed by atoms with Gasteiger partial charge in [-0.15, -0.1) is 11.3 Å². The van der Waals surface area contributed by atoms with Crippen LogP contribution in [0, 0.1) is 25.3 Å². The molecule has 36 heavy (non-hydrogen) atoms. The van der Waals surface area contributed by atoms with Crippen molar-refractivity contribution in [2.24, 2.45) is 0 Å². The number of nitrogens with zero attached hydrogens (tertiary/aromatic N) is 4. The van der Waals surface area contributed by atoms with Gasteiger partial charge in [-0.3, -0.25) is 10.2 Å². The van der Waals surface area contributed by atoms with Crippen molar-refractivity contribution in [1.29, 1.82) is 0 Å². The van der Waals surface area contributed by atoms with E-state index in [2.05, 4.69) is 27.2 Å². The number of hydrogen-bond donors (Lipinski definition) is 1. The van der Waals surface area contributed by atoms with E-state index in [0.717, 1.165) is 9.75 Å². The Morgan fingerprint density at radius 3 is 2.69 bits per heavy atom. The van der Waals surface area contributed by atoms with Crippen molar-refractivity contribution in [3.8, 4) is 28.1 Å². The Kier molecular flexibility index (Phi) is 8.04. The van der Waals surface area contributed by atoms with Crippen LogP contribution in [-0.2, 0) is 9.84 Å². The number of nitrogens with one attached hydrogen (secondary N) is 1. The highest BCUT2D eigenvalue weighted by Gasteiger charge is 2.27. The molecule has 0 radical (unpaired) electrons. The standard InChI is InChI=1S/C24H21Cl2N5O3S2/c1-16-22(24(32)29-30-11-13-36(33,34)14-12-30)28-31(20-8-6-17(25)15-19(20)26)23(16)21-9-7-18(35-21)5-3-4-10-27-2/h6-9,15H,4,10-14H2,1H3,(H,29,32). The average Bonchev–Trinajstić information content (AvgIpc) is 3.42. The number of thiophene rings is 1. The Morgan fingerprint density at radius 2 is 2.00 bits per heavy atom. The molecule has 1 N–H and O–H groups in total. The zero-order valence-electron chi connectivity index (χ0n) is 19.2. The summed E-state index contributed by atoms with van der Waals surface area (Å²) in [5.74, 6) is 5.61. The number of halogens is 2. The van der Waals surface area contributed by atoms with Gasteiger partial charge in [0.05, 0.1) is 44.1 Å². The van der Waals surface area contributed by atoms with Crippen LogP contribution in [0.3, 0.4) is 0 Å². The molecule has 3 heterocycles. The number of sulfone groups is 1. The van der Waals surface area contributed by atoms with E-state index in [-0.39, 0.29) is 30.3 Å². The van der Waals surface area contributed by atoms with Crippen molar-refractivity contribution in [2.45, 2.75) is 13.3 Å². The number of hydrazine groups is 1. The van der Waals surface area contributed by atoms with Crippen molar-refractivity contribution in [2.75, 3.05) is 31.1 Å². The fraction of sp³-hybridized carbons (Fsp3) is 0.292. The van der Waals surface area contributed by atoms with Crippen molar-refractivity contribution >= 4 is 50.3 Å². The molecule has 1 fully saturated rings. The Labute approximate surface area is 223 Å². The van der Waals surface area contributed by atoms with Gasteiger partial charge in [-0.1, -0.05) is 35.0 Å². The summed E-state index contributed by atoms with van der Waals surface area (Å²) in [4.78, 5) is 18.2. The minimum absolute atomic E-state index is 0.0127. The maximum atomic E-state index is 13.2. The maximum absolute atomic E-state index is 13.2. The molecule has 0 unspecified atom stereocenters. The molecule has 8 nitrogen and oxygen atoms in total. The van der Waals surface area contributed by atoms with Gasteiger partial charge in [0.25, 0.3) is 5.91 Å². The molecule has 0 atom stereocenters. The van der Waals surface area contributed by atoms with Crippen molar-refractivity contribution in [3.05, 3.63) is 67.9 Å². The van der Waals surface area contributed by atoms with Crippen molar-refractivity contribution in [3.63, 3.8) is 0 Å². The van der Waals surface area contributed by atoms with E-state index in [1.54, 1.807) is 34.8 Å². The van der Waals surface area contributed by atoms with Crippen LogP contribution in [0.4, 0.5) is 0 Å². The summed E-state index contributed by atoms with van der Waals surface area (Å²) in [7, 11) is -3.08. The lowest BCUT2D eigenvalue weighted by Crippen LogP contribution is -2.50. The van der Waals surface area contributed by atoms with Gasteiger partial charge >= 0.3 is 0 Å². The summed E-state index contributed by atoms with van der Waals surface area (Å²) in [5, 5.41) is 7.05. The summed E-state index contributed by atoms with van der Waals surface area (Å²) < 4.78 is 25.1. The van der Waals surface area contributed by atoms with Crippen LogP contribution in [0.1, 0.15) is 27.3 Å². The zero-order chi connectivity index (χ0) is 25.9. The third-order valence-corrected chi connectivity index (χ3v) is 8.63. The molecule has 186 valence electrons. The number of aromatic nitrogens is 2. The normalized spacial score (nSPS) is 15.1. The lowest BCUT2D eigenvalue weighted by molar-refractivity contribution is 0.0795. The SMILES string of the molecule is [C-]#[N+]CCC#Cc1ccc(-c2c(C)c(C(=O)NN3CCS(=O)(=O)CC3)nn2-c2ccc(Cl)cc2Cl)s1. The number of amides is 1. The molecule has 4 rings (SSSR count). The van der Waals surface area contributed by atoms with Gasteiger partial charge in [0, 0.05) is 23.7 Å².